The lowest BCUT2D eigenvalue weighted by Crippen LogP contribution is -2.30. The third-order valence-corrected chi connectivity index (χ3v) is 5.08. The highest BCUT2D eigenvalue weighted by atomic mass is 16.2. The van der Waals surface area contributed by atoms with E-state index < -0.39 is 0 Å². The summed E-state index contributed by atoms with van der Waals surface area (Å²) >= 11 is 0. The number of para-hydroxylation sites is 2. The molecule has 0 bridgehead atoms. The molecule has 0 aliphatic carbocycles. The summed E-state index contributed by atoms with van der Waals surface area (Å²) in [5.41, 5.74) is 3.28. The summed E-state index contributed by atoms with van der Waals surface area (Å²) in [6.45, 7) is 5.55. The van der Waals surface area contributed by atoms with Crippen molar-refractivity contribution < 1.29 is 4.79 Å². The number of rotatable bonds is 5. The maximum Gasteiger partial charge on any atom is 0.222 e. The smallest absolute Gasteiger partial charge is 0.222 e. The number of hydrogen-bond donors (Lipinski definition) is 0. The van der Waals surface area contributed by atoms with Gasteiger partial charge < -0.3 is 4.90 Å². The molecule has 0 fully saturated rings. The minimum Gasteiger partial charge on any atom is -0.343 e. The predicted molar refractivity (Wildman–Crippen MR) is 106 cm³/mol. The first-order valence-corrected chi connectivity index (χ1v) is 9.28. The highest BCUT2D eigenvalue weighted by Gasteiger charge is 2.15. The second kappa shape index (κ2) is 6.79. The third-order valence-electron chi connectivity index (χ3n) is 5.08. The van der Waals surface area contributed by atoms with Gasteiger partial charge in [-0.15, -0.1) is 0 Å². The number of nitrogens with zero attached hydrogens (tertiary/aromatic N) is 3. The quantitative estimate of drug-likeness (QED) is 0.536. The van der Waals surface area contributed by atoms with Gasteiger partial charge in [-0.1, -0.05) is 36.4 Å². The molecule has 2 aromatic heterocycles. The molecular formula is C22H23N3O. The Morgan fingerprint density at radius 1 is 1.00 bits per heavy atom. The Kier molecular flexibility index (Phi) is 4.33. The zero-order valence-corrected chi connectivity index (χ0v) is 15.3. The number of amides is 1. The zero-order chi connectivity index (χ0) is 18.1. The molecular weight excluding hydrogens is 322 g/mol. The molecule has 4 nitrogen and oxygen atoms in total. The third kappa shape index (κ3) is 2.71. The van der Waals surface area contributed by atoms with Gasteiger partial charge in [0.2, 0.25) is 5.91 Å². The van der Waals surface area contributed by atoms with E-state index >= 15 is 0 Å². The lowest BCUT2D eigenvalue weighted by atomic mass is 10.2. The van der Waals surface area contributed by atoms with Crippen LogP contribution >= 0.6 is 0 Å². The number of aromatic nitrogens is 2. The number of carbonyl (C=O) groups excluding carboxylic acids is 1. The average molecular weight is 345 g/mol. The van der Waals surface area contributed by atoms with Crippen molar-refractivity contribution in [3.05, 3.63) is 60.4 Å². The number of aryl methyl sites for hydroxylation is 1. The molecule has 2 heterocycles. The molecule has 0 radical (unpaired) electrons. The van der Waals surface area contributed by atoms with Crippen molar-refractivity contribution in [2.45, 2.75) is 26.7 Å². The van der Waals surface area contributed by atoms with Crippen molar-refractivity contribution in [1.82, 2.24) is 14.3 Å². The van der Waals surface area contributed by atoms with Crippen LogP contribution in [0.15, 0.2) is 54.6 Å². The van der Waals surface area contributed by atoms with Gasteiger partial charge in [0, 0.05) is 36.7 Å². The van der Waals surface area contributed by atoms with Crippen LogP contribution in [0.5, 0.6) is 0 Å². The lowest BCUT2D eigenvalue weighted by Gasteiger charge is -2.18. The van der Waals surface area contributed by atoms with Crippen LogP contribution in [0.25, 0.3) is 27.3 Å². The largest absolute Gasteiger partial charge is 0.343 e. The standard InChI is InChI=1S/C22H23N3O/c1-3-24(4-2)22(26)14-13-21-23-18-11-7-6-10-17(18)20-15-16-9-5-8-12-19(16)25(20)21/h5-12,15H,3-4,13-14H2,1-2H3. The van der Waals surface area contributed by atoms with E-state index in [9.17, 15) is 4.79 Å². The van der Waals surface area contributed by atoms with Gasteiger partial charge in [0.05, 0.1) is 16.6 Å². The molecule has 0 saturated carbocycles. The van der Waals surface area contributed by atoms with Gasteiger partial charge in [0.15, 0.2) is 0 Å². The summed E-state index contributed by atoms with van der Waals surface area (Å²) in [5.74, 6) is 1.13. The summed E-state index contributed by atoms with van der Waals surface area (Å²) < 4.78 is 2.22. The maximum atomic E-state index is 12.5. The molecule has 1 amide bonds. The van der Waals surface area contributed by atoms with Crippen LogP contribution in [0.1, 0.15) is 26.1 Å². The van der Waals surface area contributed by atoms with Crippen molar-refractivity contribution in [2.75, 3.05) is 13.1 Å². The van der Waals surface area contributed by atoms with E-state index in [1.165, 1.54) is 5.39 Å². The van der Waals surface area contributed by atoms with Crippen LogP contribution in [0, 0.1) is 0 Å². The summed E-state index contributed by atoms with van der Waals surface area (Å²) in [6.07, 6.45) is 1.12. The van der Waals surface area contributed by atoms with Crippen molar-refractivity contribution in [1.29, 1.82) is 0 Å². The molecule has 0 saturated heterocycles. The SMILES string of the molecule is CCN(CC)C(=O)CCc1nc2ccccc2c2cc3ccccc3n12. The second-order valence-electron chi connectivity index (χ2n) is 6.54. The monoisotopic (exact) mass is 345 g/mol. The Morgan fingerprint density at radius 2 is 1.73 bits per heavy atom. The van der Waals surface area contributed by atoms with Gasteiger partial charge in [-0.3, -0.25) is 9.20 Å². The first kappa shape index (κ1) is 16.6. The minimum absolute atomic E-state index is 0.189. The number of carbonyl (C=O) groups is 1. The van der Waals surface area contributed by atoms with Crippen molar-refractivity contribution in [2.24, 2.45) is 0 Å². The summed E-state index contributed by atoms with van der Waals surface area (Å²) in [7, 11) is 0. The van der Waals surface area contributed by atoms with E-state index in [0.29, 0.717) is 12.8 Å². The predicted octanol–water partition coefficient (Wildman–Crippen LogP) is 4.44. The molecule has 4 rings (SSSR count). The molecule has 0 N–H and O–H groups in total. The van der Waals surface area contributed by atoms with E-state index in [4.69, 9.17) is 4.98 Å². The van der Waals surface area contributed by atoms with Crippen LogP contribution in [0.3, 0.4) is 0 Å². The van der Waals surface area contributed by atoms with E-state index in [0.717, 1.165) is 40.9 Å². The highest BCUT2D eigenvalue weighted by Crippen LogP contribution is 2.27. The highest BCUT2D eigenvalue weighted by molar-refractivity contribution is 6.00. The summed E-state index contributed by atoms with van der Waals surface area (Å²) in [4.78, 5) is 19.3. The van der Waals surface area contributed by atoms with Crippen LogP contribution in [-0.4, -0.2) is 33.3 Å². The molecule has 4 heteroatoms. The molecule has 0 aliphatic heterocycles. The fraction of sp³-hybridized carbons (Fsp3) is 0.273. The van der Waals surface area contributed by atoms with E-state index in [1.807, 2.05) is 36.9 Å². The van der Waals surface area contributed by atoms with E-state index in [1.54, 1.807) is 0 Å². The van der Waals surface area contributed by atoms with Gasteiger partial charge >= 0.3 is 0 Å². The fourth-order valence-corrected chi connectivity index (χ4v) is 3.73. The summed E-state index contributed by atoms with van der Waals surface area (Å²) in [6, 6.07) is 18.8. The Morgan fingerprint density at radius 3 is 2.54 bits per heavy atom. The van der Waals surface area contributed by atoms with Gasteiger partial charge in [-0.2, -0.15) is 0 Å². The lowest BCUT2D eigenvalue weighted by molar-refractivity contribution is -0.130. The first-order chi connectivity index (χ1) is 12.7. The Hall–Kier alpha value is -2.88. The van der Waals surface area contributed by atoms with E-state index in [-0.39, 0.29) is 5.91 Å². The van der Waals surface area contributed by atoms with Crippen molar-refractivity contribution in [3.8, 4) is 0 Å². The number of hydrogen-bond acceptors (Lipinski definition) is 2. The zero-order valence-electron chi connectivity index (χ0n) is 15.3. The molecule has 0 atom stereocenters. The van der Waals surface area contributed by atoms with Crippen LogP contribution in [0.2, 0.25) is 0 Å². The van der Waals surface area contributed by atoms with E-state index in [2.05, 4.69) is 40.8 Å². The molecule has 0 aliphatic rings. The van der Waals surface area contributed by atoms with Crippen LogP contribution in [0.4, 0.5) is 0 Å². The van der Waals surface area contributed by atoms with Gasteiger partial charge in [0.1, 0.15) is 5.82 Å². The van der Waals surface area contributed by atoms with Crippen molar-refractivity contribution in [3.63, 3.8) is 0 Å². The molecule has 4 aromatic rings. The van der Waals surface area contributed by atoms with Gasteiger partial charge in [-0.25, -0.2) is 4.98 Å². The topological polar surface area (TPSA) is 37.6 Å². The minimum atomic E-state index is 0.189. The Labute approximate surface area is 153 Å². The van der Waals surface area contributed by atoms with Gasteiger partial charge in [-0.05, 0) is 32.0 Å². The average Bonchev–Trinajstić information content (AvgIpc) is 3.07. The van der Waals surface area contributed by atoms with Crippen LogP contribution < -0.4 is 0 Å². The Balaban J connectivity index is 1.85. The molecule has 26 heavy (non-hydrogen) atoms. The maximum absolute atomic E-state index is 12.5. The van der Waals surface area contributed by atoms with Crippen molar-refractivity contribution >= 4 is 33.2 Å². The molecule has 2 aromatic carbocycles. The fourth-order valence-electron chi connectivity index (χ4n) is 3.73. The molecule has 0 unspecified atom stereocenters. The van der Waals surface area contributed by atoms with Gasteiger partial charge in [0.25, 0.3) is 0 Å². The second-order valence-corrected chi connectivity index (χ2v) is 6.54. The number of fused-ring (bicyclic) bond motifs is 5. The number of benzene rings is 2. The van der Waals surface area contributed by atoms with Crippen LogP contribution in [-0.2, 0) is 11.2 Å². The molecule has 0 spiro atoms. The first-order valence-electron chi connectivity index (χ1n) is 9.28. The Bertz CT molecular complexity index is 1090. The molecule has 132 valence electrons. The normalized spacial score (nSPS) is 11.5. The summed E-state index contributed by atoms with van der Waals surface area (Å²) in [5, 5.41) is 2.34.